The molecule has 23 heavy (non-hydrogen) atoms. The van der Waals surface area contributed by atoms with Crippen molar-refractivity contribution in [2.75, 3.05) is 44.2 Å². The third-order valence-corrected chi connectivity index (χ3v) is 4.49. The summed E-state index contributed by atoms with van der Waals surface area (Å²) in [5.41, 5.74) is 2.99. The Kier molecular flexibility index (Phi) is 5.77. The van der Waals surface area contributed by atoms with E-state index in [1.807, 2.05) is 36.9 Å². The van der Waals surface area contributed by atoms with Gasteiger partial charge >= 0.3 is 0 Å². The number of nitrogens with zero attached hydrogens (tertiary/aromatic N) is 3. The average molecular weight is 317 g/mol. The van der Waals surface area contributed by atoms with E-state index >= 15 is 0 Å². The fourth-order valence-electron chi connectivity index (χ4n) is 3.02. The van der Waals surface area contributed by atoms with Gasteiger partial charge in [0, 0.05) is 38.8 Å². The van der Waals surface area contributed by atoms with Crippen LogP contribution in [0.1, 0.15) is 25.0 Å². The van der Waals surface area contributed by atoms with Gasteiger partial charge in [0.05, 0.1) is 0 Å². The van der Waals surface area contributed by atoms with Crippen molar-refractivity contribution in [3.05, 3.63) is 29.3 Å². The molecule has 0 atom stereocenters. The fourth-order valence-corrected chi connectivity index (χ4v) is 3.02. The predicted octanol–water partition coefficient (Wildman–Crippen LogP) is 1.82. The molecule has 1 aromatic rings. The van der Waals surface area contributed by atoms with Crippen molar-refractivity contribution in [1.82, 2.24) is 9.80 Å². The maximum Gasteiger partial charge on any atom is 0.242 e. The van der Waals surface area contributed by atoms with E-state index in [9.17, 15) is 9.59 Å². The Balaban J connectivity index is 2.08. The van der Waals surface area contributed by atoms with Gasteiger partial charge in [0.2, 0.25) is 11.8 Å². The summed E-state index contributed by atoms with van der Waals surface area (Å²) in [4.78, 5) is 30.4. The monoisotopic (exact) mass is 317 g/mol. The van der Waals surface area contributed by atoms with E-state index in [1.165, 1.54) is 6.92 Å². The molecule has 0 unspecified atom stereocenters. The molecule has 1 fully saturated rings. The van der Waals surface area contributed by atoms with Crippen LogP contribution in [-0.4, -0.2) is 60.9 Å². The second-order valence-corrected chi connectivity index (χ2v) is 6.21. The Morgan fingerprint density at radius 3 is 2.30 bits per heavy atom. The van der Waals surface area contributed by atoms with Crippen LogP contribution in [0.2, 0.25) is 0 Å². The third kappa shape index (κ3) is 4.32. The molecule has 1 saturated heterocycles. The highest BCUT2D eigenvalue weighted by molar-refractivity contribution is 5.98. The molecule has 2 rings (SSSR count). The number of carbonyl (C=O) groups is 2. The highest BCUT2D eigenvalue weighted by Crippen LogP contribution is 2.21. The van der Waals surface area contributed by atoms with E-state index < -0.39 is 0 Å². The van der Waals surface area contributed by atoms with E-state index in [0.717, 1.165) is 49.5 Å². The lowest BCUT2D eigenvalue weighted by Gasteiger charge is -2.35. The van der Waals surface area contributed by atoms with Crippen LogP contribution in [0, 0.1) is 13.8 Å². The van der Waals surface area contributed by atoms with Crippen molar-refractivity contribution in [1.29, 1.82) is 0 Å². The second kappa shape index (κ2) is 7.59. The standard InChI is InChI=1S/C18H27N3O2/c1-5-19-8-10-20(11-9-19)18(23)13-21(16(4)22)17-7-6-14(2)12-15(17)3/h6-7,12H,5,8-11,13H2,1-4H3. The van der Waals surface area contributed by atoms with Gasteiger partial charge in [-0.05, 0) is 32.0 Å². The number of benzene rings is 1. The van der Waals surface area contributed by atoms with Crippen LogP contribution < -0.4 is 4.90 Å². The fraction of sp³-hybridized carbons (Fsp3) is 0.556. The third-order valence-electron chi connectivity index (χ3n) is 4.49. The van der Waals surface area contributed by atoms with Crippen LogP contribution in [0.5, 0.6) is 0 Å². The zero-order chi connectivity index (χ0) is 17.0. The molecule has 2 amide bonds. The van der Waals surface area contributed by atoms with Gasteiger partial charge in [0.25, 0.3) is 0 Å². The van der Waals surface area contributed by atoms with Crippen LogP contribution in [0.25, 0.3) is 0 Å². The molecule has 1 aromatic carbocycles. The number of amides is 2. The summed E-state index contributed by atoms with van der Waals surface area (Å²) >= 11 is 0. The number of piperazine rings is 1. The first-order valence-corrected chi connectivity index (χ1v) is 8.28. The SMILES string of the molecule is CCN1CCN(C(=O)CN(C(C)=O)c2ccc(C)cc2C)CC1. The summed E-state index contributed by atoms with van der Waals surface area (Å²) in [6.45, 7) is 12.1. The smallest absolute Gasteiger partial charge is 0.242 e. The summed E-state index contributed by atoms with van der Waals surface area (Å²) < 4.78 is 0. The Hall–Kier alpha value is -1.88. The molecule has 1 aliphatic heterocycles. The van der Waals surface area contributed by atoms with Crippen molar-refractivity contribution < 1.29 is 9.59 Å². The molecule has 1 aliphatic rings. The van der Waals surface area contributed by atoms with Crippen LogP contribution >= 0.6 is 0 Å². The van der Waals surface area contributed by atoms with Crippen molar-refractivity contribution in [2.45, 2.75) is 27.7 Å². The Morgan fingerprint density at radius 2 is 1.78 bits per heavy atom. The molecule has 0 aliphatic carbocycles. The Labute approximate surface area is 138 Å². The maximum atomic E-state index is 12.6. The van der Waals surface area contributed by atoms with Crippen molar-refractivity contribution >= 4 is 17.5 Å². The lowest BCUT2D eigenvalue weighted by atomic mass is 10.1. The number of hydrogen-bond donors (Lipinski definition) is 0. The first-order valence-electron chi connectivity index (χ1n) is 8.28. The molecule has 126 valence electrons. The summed E-state index contributed by atoms with van der Waals surface area (Å²) in [5.74, 6) is -0.0755. The molecular formula is C18H27N3O2. The van der Waals surface area contributed by atoms with Crippen molar-refractivity contribution in [2.24, 2.45) is 0 Å². The van der Waals surface area contributed by atoms with Gasteiger partial charge in [-0.15, -0.1) is 0 Å². The first-order chi connectivity index (χ1) is 10.9. The number of rotatable bonds is 4. The number of likely N-dealkylation sites (N-methyl/N-ethyl adjacent to an activating group) is 1. The van der Waals surface area contributed by atoms with Crippen molar-refractivity contribution in [3.8, 4) is 0 Å². The molecule has 0 radical (unpaired) electrons. The number of carbonyl (C=O) groups excluding carboxylic acids is 2. The first kappa shape index (κ1) is 17.5. The minimum atomic E-state index is -0.0995. The van der Waals surface area contributed by atoms with E-state index in [4.69, 9.17) is 0 Å². The highest BCUT2D eigenvalue weighted by atomic mass is 16.2. The lowest BCUT2D eigenvalue weighted by Crippen LogP contribution is -2.51. The lowest BCUT2D eigenvalue weighted by molar-refractivity contribution is -0.132. The molecule has 5 heteroatoms. The minimum Gasteiger partial charge on any atom is -0.339 e. The highest BCUT2D eigenvalue weighted by Gasteiger charge is 2.24. The van der Waals surface area contributed by atoms with Crippen LogP contribution in [0.15, 0.2) is 18.2 Å². The molecule has 1 heterocycles. The van der Waals surface area contributed by atoms with Crippen molar-refractivity contribution in [3.63, 3.8) is 0 Å². The molecule has 0 bridgehead atoms. The molecule has 0 N–H and O–H groups in total. The number of aryl methyl sites for hydroxylation is 2. The Morgan fingerprint density at radius 1 is 1.13 bits per heavy atom. The minimum absolute atomic E-state index is 0.0240. The van der Waals surface area contributed by atoms with Crippen LogP contribution in [0.3, 0.4) is 0 Å². The zero-order valence-electron chi connectivity index (χ0n) is 14.6. The van der Waals surface area contributed by atoms with Gasteiger partial charge in [0.15, 0.2) is 0 Å². The topological polar surface area (TPSA) is 43.9 Å². The quantitative estimate of drug-likeness (QED) is 0.851. The van der Waals surface area contributed by atoms with Gasteiger partial charge in [-0.3, -0.25) is 9.59 Å². The Bertz CT molecular complexity index is 578. The van der Waals surface area contributed by atoms with Gasteiger partial charge in [-0.1, -0.05) is 24.6 Å². The largest absolute Gasteiger partial charge is 0.339 e. The second-order valence-electron chi connectivity index (χ2n) is 6.21. The molecule has 0 spiro atoms. The van der Waals surface area contributed by atoms with Crippen LogP contribution in [0.4, 0.5) is 5.69 Å². The predicted molar refractivity (Wildman–Crippen MR) is 92.6 cm³/mol. The van der Waals surface area contributed by atoms with E-state index in [2.05, 4.69) is 11.8 Å². The maximum absolute atomic E-state index is 12.6. The summed E-state index contributed by atoms with van der Waals surface area (Å²) in [6.07, 6.45) is 0. The molecular weight excluding hydrogens is 290 g/mol. The normalized spacial score (nSPS) is 15.6. The van der Waals surface area contributed by atoms with Gasteiger partial charge in [0.1, 0.15) is 6.54 Å². The van der Waals surface area contributed by atoms with E-state index in [-0.39, 0.29) is 18.4 Å². The van der Waals surface area contributed by atoms with E-state index in [1.54, 1.807) is 4.90 Å². The van der Waals surface area contributed by atoms with Gasteiger partial charge in [-0.2, -0.15) is 0 Å². The van der Waals surface area contributed by atoms with Gasteiger partial charge < -0.3 is 14.7 Å². The number of anilines is 1. The summed E-state index contributed by atoms with van der Waals surface area (Å²) in [6, 6.07) is 5.94. The number of hydrogen-bond acceptors (Lipinski definition) is 3. The molecule has 0 saturated carbocycles. The average Bonchev–Trinajstić information content (AvgIpc) is 2.53. The zero-order valence-corrected chi connectivity index (χ0v) is 14.6. The molecule has 5 nitrogen and oxygen atoms in total. The van der Waals surface area contributed by atoms with Gasteiger partial charge in [-0.25, -0.2) is 0 Å². The van der Waals surface area contributed by atoms with E-state index in [0.29, 0.717) is 0 Å². The van der Waals surface area contributed by atoms with Crippen LogP contribution in [-0.2, 0) is 9.59 Å². The summed E-state index contributed by atoms with van der Waals surface area (Å²) in [5, 5.41) is 0. The molecule has 0 aromatic heterocycles. The summed E-state index contributed by atoms with van der Waals surface area (Å²) in [7, 11) is 0.